The van der Waals surface area contributed by atoms with Crippen LogP contribution < -0.4 is 5.56 Å². The van der Waals surface area contributed by atoms with Gasteiger partial charge in [0.2, 0.25) is 0 Å². The third-order valence-corrected chi connectivity index (χ3v) is 2.75. The number of nitrogens with one attached hydrogen (secondary N) is 1. The van der Waals surface area contributed by atoms with Gasteiger partial charge in [-0.15, -0.1) is 0 Å². The predicted molar refractivity (Wildman–Crippen MR) is 65.4 cm³/mol. The summed E-state index contributed by atoms with van der Waals surface area (Å²) in [6, 6.07) is 7.46. The quantitative estimate of drug-likeness (QED) is 0.875. The third kappa shape index (κ3) is 2.85. The summed E-state index contributed by atoms with van der Waals surface area (Å²) in [5.74, 6) is -0.256. The molecule has 0 saturated carbocycles. The second-order valence-electron chi connectivity index (χ2n) is 3.70. The van der Waals surface area contributed by atoms with E-state index in [9.17, 15) is 9.90 Å². The zero-order chi connectivity index (χ0) is 12.3. The molecular weight excluding hydrogens is 240 g/mol. The van der Waals surface area contributed by atoms with E-state index in [1.165, 1.54) is 6.20 Å². The molecule has 1 aromatic carbocycles. The van der Waals surface area contributed by atoms with Gasteiger partial charge >= 0.3 is 5.56 Å². The maximum atomic E-state index is 11.1. The van der Waals surface area contributed by atoms with Crippen molar-refractivity contribution in [2.75, 3.05) is 0 Å². The highest BCUT2D eigenvalue weighted by Crippen LogP contribution is 2.14. The highest BCUT2D eigenvalue weighted by atomic mass is 35.5. The monoisotopic (exact) mass is 250 g/mol. The van der Waals surface area contributed by atoms with Crippen LogP contribution in [0.3, 0.4) is 0 Å². The Morgan fingerprint density at radius 3 is 2.65 bits per heavy atom. The summed E-state index contributed by atoms with van der Waals surface area (Å²) in [6.07, 6.45) is 2.74. The lowest BCUT2D eigenvalue weighted by Crippen LogP contribution is -2.09. The largest absolute Gasteiger partial charge is 0.503 e. The molecule has 0 fully saturated rings. The predicted octanol–water partition coefficient (Wildman–Crippen LogP) is 1.91. The molecule has 0 saturated heterocycles. The smallest absolute Gasteiger partial charge is 0.306 e. The summed E-state index contributed by atoms with van der Waals surface area (Å²) in [5.41, 5.74) is 1.08. The fourth-order valence-corrected chi connectivity index (χ4v) is 1.67. The number of aromatic hydroxyl groups is 1. The van der Waals surface area contributed by atoms with Gasteiger partial charge in [0.15, 0.2) is 5.75 Å². The number of aromatic amines is 1. The Kier molecular flexibility index (Phi) is 3.44. The minimum absolute atomic E-state index is 0.256. The van der Waals surface area contributed by atoms with Crippen molar-refractivity contribution in [2.24, 2.45) is 0 Å². The number of hydrogen-bond acceptors (Lipinski definition) is 3. The number of benzene rings is 1. The number of halogens is 1. The molecule has 0 unspecified atom stereocenters. The van der Waals surface area contributed by atoms with Crippen LogP contribution in [-0.2, 0) is 12.8 Å². The molecule has 5 heteroatoms. The highest BCUT2D eigenvalue weighted by molar-refractivity contribution is 6.30. The molecule has 0 radical (unpaired) electrons. The lowest BCUT2D eigenvalue weighted by molar-refractivity contribution is 0.456. The van der Waals surface area contributed by atoms with Gasteiger partial charge in [-0.3, -0.25) is 4.79 Å². The van der Waals surface area contributed by atoms with Crippen molar-refractivity contribution in [3.63, 3.8) is 0 Å². The summed E-state index contributed by atoms with van der Waals surface area (Å²) >= 11 is 5.78. The van der Waals surface area contributed by atoms with Gasteiger partial charge in [-0.2, -0.15) is 5.10 Å². The van der Waals surface area contributed by atoms with Crippen molar-refractivity contribution in [1.29, 1.82) is 0 Å². The molecule has 2 rings (SSSR count). The maximum Gasteiger partial charge on any atom is 0.306 e. The molecule has 2 aromatic rings. The Bertz CT molecular complexity index is 563. The number of aromatic nitrogens is 2. The molecule has 2 N–H and O–H groups in total. The molecule has 4 nitrogen and oxygen atoms in total. The first kappa shape index (κ1) is 11.7. The van der Waals surface area contributed by atoms with Gasteiger partial charge in [-0.25, -0.2) is 5.10 Å². The molecular formula is C12H11ClN2O2. The van der Waals surface area contributed by atoms with Gasteiger partial charge in [0.05, 0.1) is 6.20 Å². The van der Waals surface area contributed by atoms with Crippen LogP contribution in [0, 0.1) is 0 Å². The minimum atomic E-state index is -0.557. The Balaban J connectivity index is 2.10. The van der Waals surface area contributed by atoms with Crippen molar-refractivity contribution in [3.8, 4) is 5.75 Å². The van der Waals surface area contributed by atoms with E-state index in [4.69, 9.17) is 11.6 Å². The van der Waals surface area contributed by atoms with E-state index in [0.29, 0.717) is 17.0 Å². The lowest BCUT2D eigenvalue weighted by atomic mass is 10.1. The van der Waals surface area contributed by atoms with Crippen molar-refractivity contribution in [1.82, 2.24) is 10.2 Å². The van der Waals surface area contributed by atoms with Gasteiger partial charge in [-0.1, -0.05) is 23.7 Å². The van der Waals surface area contributed by atoms with E-state index < -0.39 is 5.56 Å². The summed E-state index contributed by atoms with van der Waals surface area (Å²) in [4.78, 5) is 11.1. The number of rotatable bonds is 3. The van der Waals surface area contributed by atoms with Gasteiger partial charge in [0, 0.05) is 10.6 Å². The first-order valence-corrected chi connectivity index (χ1v) is 5.54. The van der Waals surface area contributed by atoms with Crippen LogP contribution >= 0.6 is 11.6 Å². The molecule has 0 aliphatic heterocycles. The fraction of sp³-hybridized carbons (Fsp3) is 0.167. The van der Waals surface area contributed by atoms with Crippen LogP contribution in [0.2, 0.25) is 5.02 Å². The zero-order valence-corrected chi connectivity index (χ0v) is 9.74. The van der Waals surface area contributed by atoms with Crippen LogP contribution in [0.25, 0.3) is 0 Å². The van der Waals surface area contributed by atoms with Gasteiger partial charge < -0.3 is 5.11 Å². The van der Waals surface area contributed by atoms with Gasteiger partial charge in [0.25, 0.3) is 0 Å². The van der Waals surface area contributed by atoms with Crippen molar-refractivity contribution >= 4 is 11.6 Å². The molecule has 1 heterocycles. The Labute approximate surface area is 103 Å². The summed E-state index contributed by atoms with van der Waals surface area (Å²) < 4.78 is 0. The first-order chi connectivity index (χ1) is 8.16. The molecule has 0 aliphatic rings. The number of aryl methyl sites for hydroxylation is 2. The Morgan fingerprint density at radius 2 is 1.94 bits per heavy atom. The molecule has 0 amide bonds. The highest BCUT2D eigenvalue weighted by Gasteiger charge is 2.05. The van der Waals surface area contributed by atoms with Crippen molar-refractivity contribution in [2.45, 2.75) is 12.8 Å². The minimum Gasteiger partial charge on any atom is -0.503 e. The van der Waals surface area contributed by atoms with Crippen molar-refractivity contribution < 1.29 is 5.11 Å². The fourth-order valence-electron chi connectivity index (χ4n) is 1.54. The molecule has 0 spiro atoms. The van der Waals surface area contributed by atoms with Gasteiger partial charge in [-0.05, 0) is 30.5 Å². The normalized spacial score (nSPS) is 10.4. The van der Waals surface area contributed by atoms with Crippen LogP contribution in [0.15, 0.2) is 35.3 Å². The number of H-pyrrole nitrogens is 1. The van der Waals surface area contributed by atoms with E-state index in [-0.39, 0.29) is 5.75 Å². The number of nitrogens with zero attached hydrogens (tertiary/aromatic N) is 1. The Hall–Kier alpha value is -1.81. The molecule has 0 bridgehead atoms. The SMILES string of the molecule is O=c1[nH]ncc(CCc2ccc(Cl)cc2)c1O. The molecule has 17 heavy (non-hydrogen) atoms. The average Bonchev–Trinajstić information content (AvgIpc) is 2.33. The van der Waals surface area contributed by atoms with Crippen LogP contribution in [0.5, 0.6) is 5.75 Å². The first-order valence-electron chi connectivity index (χ1n) is 5.17. The molecule has 88 valence electrons. The number of hydrogen-bond donors (Lipinski definition) is 2. The van der Waals surface area contributed by atoms with Crippen LogP contribution in [-0.4, -0.2) is 15.3 Å². The van der Waals surface area contributed by atoms with E-state index >= 15 is 0 Å². The average molecular weight is 251 g/mol. The van der Waals surface area contributed by atoms with E-state index in [1.54, 1.807) is 0 Å². The topological polar surface area (TPSA) is 66.0 Å². The standard InChI is InChI=1S/C12H11ClN2O2/c13-10-5-2-8(3-6-10)1-4-9-7-14-15-12(17)11(9)16/h2-3,5-7H,1,4H2,(H,14,16)(H,15,17). The second-order valence-corrected chi connectivity index (χ2v) is 4.14. The summed E-state index contributed by atoms with van der Waals surface area (Å²) in [7, 11) is 0. The maximum absolute atomic E-state index is 11.1. The molecule has 0 aliphatic carbocycles. The third-order valence-electron chi connectivity index (χ3n) is 2.50. The van der Waals surface area contributed by atoms with Gasteiger partial charge in [0.1, 0.15) is 0 Å². The van der Waals surface area contributed by atoms with E-state index in [0.717, 1.165) is 12.0 Å². The molecule has 0 atom stereocenters. The van der Waals surface area contributed by atoms with Crippen LogP contribution in [0.1, 0.15) is 11.1 Å². The zero-order valence-electron chi connectivity index (χ0n) is 8.98. The second kappa shape index (κ2) is 5.01. The van der Waals surface area contributed by atoms with E-state index in [2.05, 4.69) is 10.2 Å². The van der Waals surface area contributed by atoms with Crippen LogP contribution in [0.4, 0.5) is 0 Å². The Morgan fingerprint density at radius 1 is 1.24 bits per heavy atom. The summed E-state index contributed by atoms with van der Waals surface area (Å²) in [6.45, 7) is 0. The van der Waals surface area contributed by atoms with E-state index in [1.807, 2.05) is 24.3 Å². The summed E-state index contributed by atoms with van der Waals surface area (Å²) in [5, 5.41) is 16.0. The lowest BCUT2D eigenvalue weighted by Gasteiger charge is -2.03. The van der Waals surface area contributed by atoms with Crippen molar-refractivity contribution in [3.05, 3.63) is 57.0 Å². The molecule has 1 aromatic heterocycles.